The van der Waals surface area contributed by atoms with Crippen LogP contribution in [0.25, 0.3) is 0 Å². The quantitative estimate of drug-likeness (QED) is 0.717. The second-order valence-electron chi connectivity index (χ2n) is 6.38. The van der Waals surface area contributed by atoms with Crippen molar-refractivity contribution in [1.29, 1.82) is 0 Å². The minimum absolute atomic E-state index is 0.198. The number of hydrogen-bond acceptors (Lipinski definition) is 3. The van der Waals surface area contributed by atoms with Crippen molar-refractivity contribution in [3.63, 3.8) is 0 Å². The predicted molar refractivity (Wildman–Crippen MR) is 92.3 cm³/mol. The Kier molecular flexibility index (Phi) is 6.86. The van der Waals surface area contributed by atoms with Crippen LogP contribution in [0.2, 0.25) is 0 Å². The molecule has 2 atom stereocenters. The van der Waals surface area contributed by atoms with E-state index < -0.39 is 6.10 Å². The number of nitrogens with zero attached hydrogens (tertiary/aromatic N) is 1. The summed E-state index contributed by atoms with van der Waals surface area (Å²) in [6.07, 6.45) is 1.49. The summed E-state index contributed by atoms with van der Waals surface area (Å²) >= 11 is 0. The van der Waals surface area contributed by atoms with Gasteiger partial charge in [0.15, 0.2) is 0 Å². The lowest BCUT2D eigenvalue weighted by Crippen LogP contribution is -2.44. The molecule has 0 saturated heterocycles. The molecule has 128 valence electrons. The van der Waals surface area contributed by atoms with E-state index in [9.17, 15) is 9.90 Å². The first-order valence-corrected chi connectivity index (χ1v) is 8.59. The summed E-state index contributed by atoms with van der Waals surface area (Å²) in [5.41, 5.74) is 2.83. The Morgan fingerprint density at radius 2 is 2.04 bits per heavy atom. The van der Waals surface area contributed by atoms with Crippen molar-refractivity contribution in [2.75, 3.05) is 26.2 Å². The van der Waals surface area contributed by atoms with Gasteiger partial charge in [-0.25, -0.2) is 4.79 Å². The average Bonchev–Trinajstić information content (AvgIpc) is 2.58. The molecule has 23 heavy (non-hydrogen) atoms. The number of rotatable bonds is 7. The van der Waals surface area contributed by atoms with Crippen LogP contribution in [-0.2, 0) is 13.0 Å². The highest BCUT2D eigenvalue weighted by molar-refractivity contribution is 5.73. The monoisotopic (exact) mass is 319 g/mol. The summed E-state index contributed by atoms with van der Waals surface area (Å²) in [4.78, 5) is 14.1. The van der Waals surface area contributed by atoms with E-state index in [1.165, 1.54) is 11.1 Å². The molecule has 5 heteroatoms. The first-order chi connectivity index (χ1) is 11.1. The van der Waals surface area contributed by atoms with Crippen molar-refractivity contribution < 1.29 is 9.90 Å². The van der Waals surface area contributed by atoms with Gasteiger partial charge in [-0.1, -0.05) is 44.5 Å². The minimum atomic E-state index is -0.482. The van der Waals surface area contributed by atoms with Gasteiger partial charge in [0.2, 0.25) is 0 Å². The van der Waals surface area contributed by atoms with Crippen LogP contribution in [0.4, 0.5) is 4.79 Å². The molecule has 0 fully saturated rings. The van der Waals surface area contributed by atoms with Crippen molar-refractivity contribution in [2.24, 2.45) is 5.92 Å². The lowest BCUT2D eigenvalue weighted by atomic mass is 10.00. The highest BCUT2D eigenvalue weighted by Gasteiger charge is 2.16. The van der Waals surface area contributed by atoms with E-state index >= 15 is 0 Å². The second kappa shape index (κ2) is 8.89. The van der Waals surface area contributed by atoms with Crippen molar-refractivity contribution >= 4 is 6.03 Å². The molecular formula is C18H29N3O2. The number of hydrogen-bond donors (Lipinski definition) is 3. The SMILES string of the molecule is CCC(C)C(O)CNC(=O)NCCN1CCc2ccccc2C1. The van der Waals surface area contributed by atoms with Crippen LogP contribution in [0.15, 0.2) is 24.3 Å². The normalized spacial score (nSPS) is 17.2. The highest BCUT2D eigenvalue weighted by Crippen LogP contribution is 2.17. The molecule has 5 nitrogen and oxygen atoms in total. The maximum Gasteiger partial charge on any atom is 0.314 e. The average molecular weight is 319 g/mol. The Morgan fingerprint density at radius 3 is 2.78 bits per heavy atom. The van der Waals surface area contributed by atoms with Gasteiger partial charge in [0, 0.05) is 32.7 Å². The smallest absolute Gasteiger partial charge is 0.314 e. The largest absolute Gasteiger partial charge is 0.391 e. The minimum Gasteiger partial charge on any atom is -0.391 e. The summed E-state index contributed by atoms with van der Waals surface area (Å²) in [5.74, 6) is 0.198. The lowest BCUT2D eigenvalue weighted by Gasteiger charge is -2.28. The Hall–Kier alpha value is -1.59. The molecule has 1 aliphatic rings. The zero-order valence-electron chi connectivity index (χ0n) is 14.2. The van der Waals surface area contributed by atoms with E-state index in [0.717, 1.165) is 32.5 Å². The number of carbonyl (C=O) groups is 1. The number of nitrogens with one attached hydrogen (secondary N) is 2. The number of aliphatic hydroxyl groups is 1. The fourth-order valence-corrected chi connectivity index (χ4v) is 2.81. The van der Waals surface area contributed by atoms with E-state index in [0.29, 0.717) is 13.1 Å². The molecule has 2 amide bonds. The predicted octanol–water partition coefficient (Wildman–Crippen LogP) is 1.75. The number of urea groups is 1. The van der Waals surface area contributed by atoms with Gasteiger partial charge in [0.25, 0.3) is 0 Å². The molecule has 0 radical (unpaired) electrons. The van der Waals surface area contributed by atoms with Crippen LogP contribution < -0.4 is 10.6 Å². The Morgan fingerprint density at radius 1 is 1.30 bits per heavy atom. The molecule has 0 saturated carbocycles. The standard InChI is InChI=1S/C18H29N3O2/c1-3-14(2)17(22)12-20-18(23)19-9-11-21-10-8-15-6-4-5-7-16(15)13-21/h4-7,14,17,22H,3,8-13H2,1-2H3,(H2,19,20,23). The fourth-order valence-electron chi connectivity index (χ4n) is 2.81. The van der Waals surface area contributed by atoms with Gasteiger partial charge in [-0.15, -0.1) is 0 Å². The van der Waals surface area contributed by atoms with Gasteiger partial charge >= 0.3 is 6.03 Å². The summed E-state index contributed by atoms with van der Waals surface area (Å²) in [6, 6.07) is 8.34. The Labute approximate surface area is 139 Å². The third-order valence-corrected chi connectivity index (χ3v) is 4.70. The van der Waals surface area contributed by atoms with Crippen LogP contribution in [-0.4, -0.2) is 48.3 Å². The number of aliphatic hydroxyl groups excluding tert-OH is 1. The molecule has 0 bridgehead atoms. The third-order valence-electron chi connectivity index (χ3n) is 4.70. The molecule has 0 spiro atoms. The van der Waals surface area contributed by atoms with E-state index in [1.54, 1.807) is 0 Å². The van der Waals surface area contributed by atoms with Gasteiger partial charge in [0.1, 0.15) is 0 Å². The summed E-state index contributed by atoms with van der Waals surface area (Å²) < 4.78 is 0. The zero-order chi connectivity index (χ0) is 16.7. The third kappa shape index (κ3) is 5.52. The van der Waals surface area contributed by atoms with Crippen LogP contribution in [0.3, 0.4) is 0 Å². The molecule has 1 aliphatic heterocycles. The molecule has 1 aromatic rings. The van der Waals surface area contributed by atoms with Gasteiger partial charge in [-0.05, 0) is 23.5 Å². The first-order valence-electron chi connectivity index (χ1n) is 8.59. The van der Waals surface area contributed by atoms with Crippen molar-refractivity contribution in [2.45, 2.75) is 39.3 Å². The van der Waals surface area contributed by atoms with Gasteiger partial charge in [-0.2, -0.15) is 0 Å². The molecule has 2 rings (SSSR count). The molecule has 3 N–H and O–H groups in total. The maximum atomic E-state index is 11.7. The van der Waals surface area contributed by atoms with Gasteiger partial charge < -0.3 is 15.7 Å². The first kappa shape index (κ1) is 17.8. The molecule has 2 unspecified atom stereocenters. The number of fused-ring (bicyclic) bond motifs is 1. The van der Waals surface area contributed by atoms with Crippen molar-refractivity contribution in [3.05, 3.63) is 35.4 Å². The Bertz CT molecular complexity index is 507. The van der Waals surface area contributed by atoms with Gasteiger partial charge in [0.05, 0.1) is 6.10 Å². The number of carbonyl (C=O) groups excluding carboxylic acids is 1. The van der Waals surface area contributed by atoms with Gasteiger partial charge in [-0.3, -0.25) is 4.90 Å². The summed E-state index contributed by atoms with van der Waals surface area (Å²) in [5, 5.41) is 15.4. The Balaban J connectivity index is 1.63. The highest BCUT2D eigenvalue weighted by atomic mass is 16.3. The number of amides is 2. The van der Waals surface area contributed by atoms with E-state index in [2.05, 4.69) is 39.8 Å². The lowest BCUT2D eigenvalue weighted by molar-refractivity contribution is 0.114. The second-order valence-corrected chi connectivity index (χ2v) is 6.38. The molecule has 0 aromatic heterocycles. The summed E-state index contributed by atoms with van der Waals surface area (Å²) in [6.45, 7) is 7.77. The zero-order valence-corrected chi connectivity index (χ0v) is 14.2. The molecule has 0 aliphatic carbocycles. The van der Waals surface area contributed by atoms with E-state index in [4.69, 9.17) is 0 Å². The number of benzene rings is 1. The van der Waals surface area contributed by atoms with E-state index in [-0.39, 0.29) is 11.9 Å². The molecule has 1 heterocycles. The summed E-state index contributed by atoms with van der Waals surface area (Å²) in [7, 11) is 0. The molecule has 1 aromatic carbocycles. The van der Waals surface area contributed by atoms with Crippen LogP contribution >= 0.6 is 0 Å². The van der Waals surface area contributed by atoms with Crippen LogP contribution in [0, 0.1) is 5.92 Å². The van der Waals surface area contributed by atoms with E-state index in [1.807, 2.05) is 13.8 Å². The maximum absolute atomic E-state index is 11.7. The fraction of sp³-hybridized carbons (Fsp3) is 0.611. The van der Waals surface area contributed by atoms with Crippen LogP contribution in [0.1, 0.15) is 31.4 Å². The van der Waals surface area contributed by atoms with Crippen LogP contribution in [0.5, 0.6) is 0 Å². The topological polar surface area (TPSA) is 64.6 Å². The molecular weight excluding hydrogens is 290 g/mol. The van der Waals surface area contributed by atoms with Crippen molar-refractivity contribution in [1.82, 2.24) is 15.5 Å². The van der Waals surface area contributed by atoms with Crippen molar-refractivity contribution in [3.8, 4) is 0 Å².